The summed E-state index contributed by atoms with van der Waals surface area (Å²) in [6.45, 7) is 15.6. The van der Waals surface area contributed by atoms with Gasteiger partial charge in [0.05, 0.1) is 13.1 Å². The van der Waals surface area contributed by atoms with E-state index in [2.05, 4.69) is 70.5 Å². The van der Waals surface area contributed by atoms with Crippen molar-refractivity contribution in [3.63, 3.8) is 0 Å². The maximum atomic E-state index is 4.74. The molecule has 1 aromatic carbocycles. The molecular formula is C23H36N6S. The van der Waals surface area contributed by atoms with E-state index in [9.17, 15) is 0 Å². The number of guanidine groups is 1. The lowest BCUT2D eigenvalue weighted by Gasteiger charge is -2.34. The van der Waals surface area contributed by atoms with Gasteiger partial charge in [0.25, 0.3) is 0 Å². The zero-order valence-corrected chi connectivity index (χ0v) is 19.5. The second-order valence-electron chi connectivity index (χ2n) is 7.65. The number of aryl methyl sites for hydroxylation is 1. The first-order valence-electron chi connectivity index (χ1n) is 11.2. The van der Waals surface area contributed by atoms with Gasteiger partial charge >= 0.3 is 0 Å². The molecule has 0 saturated carbocycles. The van der Waals surface area contributed by atoms with Crippen LogP contribution in [0.25, 0.3) is 0 Å². The SMILES string of the molecule is CCNC(=NCc1ccc(CN2CCN(CC)CC2)cc1)NCc1ncc(CC)s1. The molecule has 1 aromatic heterocycles. The Morgan fingerprint density at radius 3 is 2.33 bits per heavy atom. The number of rotatable bonds is 9. The smallest absolute Gasteiger partial charge is 0.191 e. The van der Waals surface area contributed by atoms with Gasteiger partial charge < -0.3 is 15.5 Å². The largest absolute Gasteiger partial charge is 0.357 e. The highest BCUT2D eigenvalue weighted by molar-refractivity contribution is 7.11. The Labute approximate surface area is 185 Å². The average molecular weight is 429 g/mol. The summed E-state index contributed by atoms with van der Waals surface area (Å²) in [5, 5.41) is 7.82. The molecule has 2 heterocycles. The number of hydrogen-bond acceptors (Lipinski definition) is 5. The minimum absolute atomic E-state index is 0.670. The van der Waals surface area contributed by atoms with Crippen LogP contribution in [0.15, 0.2) is 35.5 Å². The van der Waals surface area contributed by atoms with Gasteiger partial charge in [0, 0.05) is 50.3 Å². The molecule has 1 saturated heterocycles. The van der Waals surface area contributed by atoms with Crippen molar-refractivity contribution in [3.8, 4) is 0 Å². The van der Waals surface area contributed by atoms with Crippen molar-refractivity contribution < 1.29 is 0 Å². The van der Waals surface area contributed by atoms with Gasteiger partial charge in [0.15, 0.2) is 5.96 Å². The van der Waals surface area contributed by atoms with Crippen molar-refractivity contribution in [2.45, 2.75) is 46.8 Å². The highest BCUT2D eigenvalue weighted by atomic mass is 32.1. The van der Waals surface area contributed by atoms with Crippen LogP contribution < -0.4 is 10.6 Å². The fraction of sp³-hybridized carbons (Fsp3) is 0.565. The second kappa shape index (κ2) is 12.0. The summed E-state index contributed by atoms with van der Waals surface area (Å²) < 4.78 is 0. The molecule has 0 bridgehead atoms. The lowest BCUT2D eigenvalue weighted by atomic mass is 10.1. The average Bonchev–Trinajstić information content (AvgIpc) is 3.25. The normalized spacial score (nSPS) is 16.0. The van der Waals surface area contributed by atoms with Gasteiger partial charge in [-0.15, -0.1) is 11.3 Å². The van der Waals surface area contributed by atoms with Crippen molar-refractivity contribution in [1.29, 1.82) is 0 Å². The lowest BCUT2D eigenvalue weighted by molar-refractivity contribution is 0.132. The summed E-state index contributed by atoms with van der Waals surface area (Å²) in [6.07, 6.45) is 3.01. The number of likely N-dealkylation sites (N-methyl/N-ethyl adjacent to an activating group) is 1. The standard InChI is InChI=1S/C23H36N6S/c1-4-21-16-25-22(30-21)17-27-23(24-5-2)26-15-19-7-9-20(10-8-19)18-29-13-11-28(6-3)12-14-29/h7-10,16H,4-6,11-15,17-18H2,1-3H3,(H2,24,26,27). The van der Waals surface area contributed by atoms with Crippen molar-refractivity contribution in [1.82, 2.24) is 25.4 Å². The van der Waals surface area contributed by atoms with Crippen LogP contribution in [0.4, 0.5) is 0 Å². The Kier molecular flexibility index (Phi) is 9.11. The molecule has 3 rings (SSSR count). The molecule has 0 unspecified atom stereocenters. The minimum Gasteiger partial charge on any atom is -0.357 e. The molecule has 164 valence electrons. The predicted molar refractivity (Wildman–Crippen MR) is 127 cm³/mol. The van der Waals surface area contributed by atoms with E-state index in [0.717, 1.165) is 50.1 Å². The van der Waals surface area contributed by atoms with Gasteiger partial charge in [0.1, 0.15) is 5.01 Å². The predicted octanol–water partition coefficient (Wildman–Crippen LogP) is 3.10. The van der Waals surface area contributed by atoms with Crippen molar-refractivity contribution in [2.75, 3.05) is 39.3 Å². The van der Waals surface area contributed by atoms with Gasteiger partial charge in [-0.2, -0.15) is 0 Å². The molecule has 0 atom stereocenters. The first kappa shape index (κ1) is 22.7. The molecular weight excluding hydrogens is 392 g/mol. The van der Waals surface area contributed by atoms with Crippen LogP contribution in [0.2, 0.25) is 0 Å². The van der Waals surface area contributed by atoms with Crippen LogP contribution in [0.3, 0.4) is 0 Å². The molecule has 1 aliphatic rings. The Morgan fingerprint density at radius 1 is 1.00 bits per heavy atom. The fourth-order valence-corrected chi connectivity index (χ4v) is 4.34. The molecule has 0 spiro atoms. The first-order valence-corrected chi connectivity index (χ1v) is 12.0. The summed E-state index contributed by atoms with van der Waals surface area (Å²) in [5.41, 5.74) is 2.61. The Balaban J connectivity index is 1.49. The summed E-state index contributed by atoms with van der Waals surface area (Å²) in [7, 11) is 0. The van der Waals surface area contributed by atoms with Crippen molar-refractivity contribution >= 4 is 17.3 Å². The number of piperazine rings is 1. The Hall–Kier alpha value is -1.96. The fourth-order valence-electron chi connectivity index (χ4n) is 3.54. The number of hydrogen-bond donors (Lipinski definition) is 2. The molecule has 2 N–H and O–H groups in total. The van der Waals surface area contributed by atoms with E-state index in [1.54, 1.807) is 11.3 Å². The molecule has 0 amide bonds. The third-order valence-corrected chi connectivity index (χ3v) is 6.60. The quantitative estimate of drug-likeness (QED) is 0.475. The topological polar surface area (TPSA) is 55.8 Å². The molecule has 1 aliphatic heterocycles. The third-order valence-electron chi connectivity index (χ3n) is 5.46. The highest BCUT2D eigenvalue weighted by Crippen LogP contribution is 2.13. The van der Waals surface area contributed by atoms with E-state index in [4.69, 9.17) is 4.99 Å². The monoisotopic (exact) mass is 428 g/mol. The highest BCUT2D eigenvalue weighted by Gasteiger charge is 2.15. The molecule has 0 aliphatic carbocycles. The van der Waals surface area contributed by atoms with Crippen molar-refractivity contribution in [3.05, 3.63) is 51.5 Å². The number of nitrogens with one attached hydrogen (secondary N) is 2. The number of benzene rings is 1. The summed E-state index contributed by atoms with van der Waals surface area (Å²) in [5.74, 6) is 0.837. The molecule has 7 heteroatoms. The van der Waals surface area contributed by atoms with Gasteiger partial charge in [-0.25, -0.2) is 9.98 Å². The molecule has 30 heavy (non-hydrogen) atoms. The van der Waals surface area contributed by atoms with E-state index in [1.807, 2.05) is 6.20 Å². The Bertz CT molecular complexity index is 777. The maximum Gasteiger partial charge on any atom is 0.191 e. The number of thiazole rings is 1. The van der Waals surface area contributed by atoms with Gasteiger partial charge in [-0.1, -0.05) is 38.1 Å². The van der Waals surface area contributed by atoms with Gasteiger partial charge in [0.2, 0.25) is 0 Å². The maximum absolute atomic E-state index is 4.74. The van der Waals surface area contributed by atoms with Gasteiger partial charge in [-0.05, 0) is 31.0 Å². The molecule has 1 fully saturated rings. The van der Waals surface area contributed by atoms with Crippen LogP contribution in [-0.4, -0.2) is 60.0 Å². The van der Waals surface area contributed by atoms with Crippen LogP contribution in [0.5, 0.6) is 0 Å². The van der Waals surface area contributed by atoms with Crippen LogP contribution in [0.1, 0.15) is 41.8 Å². The minimum atomic E-state index is 0.670. The van der Waals surface area contributed by atoms with E-state index < -0.39 is 0 Å². The number of nitrogens with zero attached hydrogens (tertiary/aromatic N) is 4. The van der Waals surface area contributed by atoms with E-state index >= 15 is 0 Å². The summed E-state index contributed by atoms with van der Waals surface area (Å²) in [4.78, 5) is 15.6. The third kappa shape index (κ3) is 7.07. The van der Waals surface area contributed by atoms with Crippen LogP contribution in [-0.2, 0) is 26.1 Å². The first-order chi connectivity index (χ1) is 14.7. The second-order valence-corrected chi connectivity index (χ2v) is 8.85. The summed E-state index contributed by atoms with van der Waals surface area (Å²) in [6, 6.07) is 8.91. The molecule has 0 radical (unpaired) electrons. The molecule has 6 nitrogen and oxygen atoms in total. The lowest BCUT2D eigenvalue weighted by Crippen LogP contribution is -2.45. The van der Waals surface area contributed by atoms with E-state index in [-0.39, 0.29) is 0 Å². The number of aromatic nitrogens is 1. The summed E-state index contributed by atoms with van der Waals surface area (Å²) >= 11 is 1.76. The van der Waals surface area contributed by atoms with Gasteiger partial charge in [-0.3, -0.25) is 4.90 Å². The van der Waals surface area contributed by atoms with E-state index in [1.165, 1.54) is 29.1 Å². The Morgan fingerprint density at radius 2 is 1.70 bits per heavy atom. The number of aliphatic imine (C=N–C) groups is 1. The van der Waals surface area contributed by atoms with Crippen LogP contribution in [0, 0.1) is 0 Å². The van der Waals surface area contributed by atoms with Crippen LogP contribution >= 0.6 is 11.3 Å². The zero-order valence-electron chi connectivity index (χ0n) is 18.7. The zero-order chi connectivity index (χ0) is 21.2. The molecule has 2 aromatic rings. The van der Waals surface area contributed by atoms with E-state index in [0.29, 0.717) is 13.1 Å². The van der Waals surface area contributed by atoms with Crippen molar-refractivity contribution in [2.24, 2.45) is 4.99 Å².